The molecule has 0 N–H and O–H groups in total. The normalized spacial score (nSPS) is 19.2. The lowest BCUT2D eigenvalue weighted by atomic mass is 10.0. The van der Waals surface area contributed by atoms with E-state index in [2.05, 4.69) is 4.90 Å². The monoisotopic (exact) mass is 439 g/mol. The highest BCUT2D eigenvalue weighted by Gasteiger charge is 2.32. The van der Waals surface area contributed by atoms with Crippen LogP contribution in [0.2, 0.25) is 0 Å². The highest BCUT2D eigenvalue weighted by atomic mass is 19.1. The Labute approximate surface area is 189 Å². The summed E-state index contributed by atoms with van der Waals surface area (Å²) in [6.45, 7) is 4.37. The standard InChI is InChI=1S/C26H32FN2O3/c27-23-9-7-22(8-10-23)20-29(25(30)19-21-5-2-1-3-6-21)24-11-14-28(15-12-24)16-13-26-31-17-4-18-32-26/h1-3,5-10,20,24,26H,4,11-19H2/q+1. The minimum atomic E-state index is -0.274. The number of amides is 1. The van der Waals surface area contributed by atoms with Crippen LogP contribution in [-0.2, 0) is 20.7 Å². The van der Waals surface area contributed by atoms with E-state index in [0.29, 0.717) is 6.42 Å². The summed E-state index contributed by atoms with van der Waals surface area (Å²) in [6, 6.07) is 16.3. The van der Waals surface area contributed by atoms with Gasteiger partial charge in [0, 0.05) is 44.5 Å². The Bertz CT molecular complexity index is 887. The fourth-order valence-corrected chi connectivity index (χ4v) is 4.36. The SMILES string of the molecule is O=C(Cc1ccccc1)[N+](=Cc1ccc(F)cc1)C1CCN(CCC2OCCCO2)CC1. The zero-order valence-corrected chi connectivity index (χ0v) is 18.5. The molecule has 2 fully saturated rings. The van der Waals surface area contributed by atoms with E-state index in [1.807, 2.05) is 41.1 Å². The lowest BCUT2D eigenvalue weighted by molar-refractivity contribution is -0.489. The van der Waals surface area contributed by atoms with Crippen molar-refractivity contribution in [2.45, 2.75) is 44.4 Å². The Morgan fingerprint density at radius 3 is 2.41 bits per heavy atom. The summed E-state index contributed by atoms with van der Waals surface area (Å²) in [4.78, 5) is 15.7. The fraction of sp³-hybridized carbons (Fsp3) is 0.462. The number of hydrogen-bond acceptors (Lipinski definition) is 4. The van der Waals surface area contributed by atoms with Gasteiger partial charge in [-0.3, -0.25) is 0 Å². The van der Waals surface area contributed by atoms with Gasteiger partial charge in [-0.1, -0.05) is 30.3 Å². The maximum Gasteiger partial charge on any atom is 0.391 e. The van der Waals surface area contributed by atoms with Gasteiger partial charge in [0.25, 0.3) is 0 Å². The molecule has 0 bridgehead atoms. The number of ether oxygens (including phenoxy) is 2. The van der Waals surface area contributed by atoms with Crippen molar-refractivity contribution in [3.05, 3.63) is 71.5 Å². The molecular formula is C26H32FN2O3+. The molecule has 2 saturated heterocycles. The minimum Gasteiger partial charge on any atom is -0.353 e. The Kier molecular flexibility index (Phi) is 8.15. The van der Waals surface area contributed by atoms with E-state index in [0.717, 1.165) is 69.7 Å². The molecular weight excluding hydrogens is 407 g/mol. The lowest BCUT2D eigenvalue weighted by Gasteiger charge is -2.31. The zero-order chi connectivity index (χ0) is 22.2. The summed E-state index contributed by atoms with van der Waals surface area (Å²) >= 11 is 0. The van der Waals surface area contributed by atoms with Crippen molar-refractivity contribution in [2.24, 2.45) is 0 Å². The summed E-state index contributed by atoms with van der Waals surface area (Å²) < 4.78 is 26.6. The van der Waals surface area contributed by atoms with Crippen molar-refractivity contribution in [3.63, 3.8) is 0 Å². The van der Waals surface area contributed by atoms with Crippen molar-refractivity contribution in [2.75, 3.05) is 32.8 Å². The summed E-state index contributed by atoms with van der Waals surface area (Å²) in [6.07, 6.45) is 5.82. The molecule has 6 heteroatoms. The van der Waals surface area contributed by atoms with Gasteiger partial charge in [0.15, 0.2) is 18.5 Å². The molecule has 2 aliphatic heterocycles. The quantitative estimate of drug-likeness (QED) is 0.488. The third kappa shape index (κ3) is 6.55. The molecule has 0 aliphatic carbocycles. The van der Waals surface area contributed by atoms with E-state index in [1.165, 1.54) is 12.1 Å². The first-order chi connectivity index (χ1) is 15.7. The third-order valence-corrected chi connectivity index (χ3v) is 6.17. The minimum absolute atomic E-state index is 0.0722. The lowest BCUT2D eigenvalue weighted by Crippen LogP contribution is -2.44. The van der Waals surface area contributed by atoms with Gasteiger partial charge >= 0.3 is 5.91 Å². The van der Waals surface area contributed by atoms with Gasteiger partial charge in [-0.05, 0) is 36.2 Å². The van der Waals surface area contributed by atoms with Gasteiger partial charge in [-0.15, -0.1) is 0 Å². The third-order valence-electron chi connectivity index (χ3n) is 6.17. The van der Waals surface area contributed by atoms with E-state index in [9.17, 15) is 9.18 Å². The largest absolute Gasteiger partial charge is 0.391 e. The van der Waals surface area contributed by atoms with E-state index in [-0.39, 0.29) is 24.1 Å². The second-order valence-corrected chi connectivity index (χ2v) is 8.53. The smallest absolute Gasteiger partial charge is 0.353 e. The van der Waals surface area contributed by atoms with Crippen molar-refractivity contribution < 1.29 is 23.2 Å². The molecule has 4 rings (SSSR count). The second-order valence-electron chi connectivity index (χ2n) is 8.53. The average Bonchev–Trinajstić information content (AvgIpc) is 2.84. The molecule has 0 atom stereocenters. The van der Waals surface area contributed by atoms with Crippen LogP contribution in [0.15, 0.2) is 54.6 Å². The molecule has 5 nitrogen and oxygen atoms in total. The van der Waals surface area contributed by atoms with Crippen molar-refractivity contribution in [3.8, 4) is 0 Å². The number of piperidine rings is 1. The maximum atomic E-state index is 13.4. The van der Waals surface area contributed by atoms with Crippen LogP contribution in [0.5, 0.6) is 0 Å². The summed E-state index contributed by atoms with van der Waals surface area (Å²) in [5.74, 6) is -0.202. The Morgan fingerprint density at radius 1 is 1.03 bits per heavy atom. The van der Waals surface area contributed by atoms with Crippen LogP contribution >= 0.6 is 0 Å². The number of likely N-dealkylation sites (tertiary alicyclic amines) is 1. The van der Waals surface area contributed by atoms with Crippen LogP contribution in [0.4, 0.5) is 4.39 Å². The predicted octanol–water partition coefficient (Wildman–Crippen LogP) is 3.64. The molecule has 2 aromatic rings. The van der Waals surface area contributed by atoms with Crippen molar-refractivity contribution >= 4 is 12.1 Å². The Morgan fingerprint density at radius 2 is 1.72 bits per heavy atom. The van der Waals surface area contributed by atoms with E-state index < -0.39 is 0 Å². The van der Waals surface area contributed by atoms with E-state index in [4.69, 9.17) is 9.47 Å². The molecule has 0 radical (unpaired) electrons. The van der Waals surface area contributed by atoms with Crippen LogP contribution in [0, 0.1) is 5.82 Å². The molecule has 170 valence electrons. The van der Waals surface area contributed by atoms with Crippen LogP contribution in [0.25, 0.3) is 0 Å². The first kappa shape index (κ1) is 22.8. The van der Waals surface area contributed by atoms with E-state index >= 15 is 0 Å². The highest BCUT2D eigenvalue weighted by Crippen LogP contribution is 2.17. The van der Waals surface area contributed by atoms with Crippen molar-refractivity contribution in [1.29, 1.82) is 0 Å². The molecule has 0 unspecified atom stereocenters. The van der Waals surface area contributed by atoms with Gasteiger partial charge in [0.1, 0.15) is 5.82 Å². The average molecular weight is 440 g/mol. The molecule has 1 amide bonds. The van der Waals surface area contributed by atoms with Gasteiger partial charge in [0.2, 0.25) is 0 Å². The number of hydrogen-bond donors (Lipinski definition) is 0. The molecule has 0 saturated carbocycles. The summed E-state index contributed by atoms with van der Waals surface area (Å²) in [5, 5.41) is 0. The molecule has 0 spiro atoms. The number of rotatable bonds is 7. The van der Waals surface area contributed by atoms with Crippen LogP contribution < -0.4 is 0 Å². The topological polar surface area (TPSA) is 41.8 Å². The van der Waals surface area contributed by atoms with E-state index in [1.54, 1.807) is 12.1 Å². The highest BCUT2D eigenvalue weighted by molar-refractivity contribution is 5.82. The first-order valence-corrected chi connectivity index (χ1v) is 11.6. The Hall–Kier alpha value is -2.41. The van der Waals surface area contributed by atoms with Crippen LogP contribution in [0.3, 0.4) is 0 Å². The van der Waals surface area contributed by atoms with Gasteiger partial charge in [0.05, 0.1) is 19.6 Å². The Balaban J connectivity index is 1.40. The van der Waals surface area contributed by atoms with Gasteiger partial charge < -0.3 is 14.4 Å². The first-order valence-electron chi connectivity index (χ1n) is 11.6. The number of benzene rings is 2. The number of carbonyl (C=O) groups is 1. The number of halogens is 1. The molecule has 2 aliphatic rings. The predicted molar refractivity (Wildman–Crippen MR) is 121 cm³/mol. The summed E-state index contributed by atoms with van der Waals surface area (Å²) in [5.41, 5.74) is 1.83. The molecule has 32 heavy (non-hydrogen) atoms. The molecule has 0 aromatic heterocycles. The zero-order valence-electron chi connectivity index (χ0n) is 18.5. The molecule has 2 heterocycles. The van der Waals surface area contributed by atoms with Crippen molar-refractivity contribution in [1.82, 2.24) is 4.90 Å². The number of carbonyl (C=O) groups excluding carboxylic acids is 1. The van der Waals surface area contributed by atoms with Gasteiger partial charge in [-0.25, -0.2) is 9.18 Å². The van der Waals surface area contributed by atoms with Crippen LogP contribution in [0.1, 0.15) is 36.8 Å². The van der Waals surface area contributed by atoms with Crippen LogP contribution in [-0.4, -0.2) is 66.8 Å². The maximum absolute atomic E-state index is 13.4. The summed E-state index contributed by atoms with van der Waals surface area (Å²) in [7, 11) is 0. The molecule has 2 aromatic carbocycles. The fourth-order valence-electron chi connectivity index (χ4n) is 4.36. The number of nitrogens with zero attached hydrogens (tertiary/aromatic N) is 2. The second kappa shape index (κ2) is 11.5. The van der Waals surface area contributed by atoms with Gasteiger partial charge in [-0.2, -0.15) is 4.58 Å².